The number of likely N-dealkylation sites (tertiary alicyclic amines) is 1. The van der Waals surface area contributed by atoms with E-state index in [9.17, 15) is 0 Å². The van der Waals surface area contributed by atoms with Crippen molar-refractivity contribution in [2.75, 3.05) is 13.1 Å². The number of aromatic amines is 1. The van der Waals surface area contributed by atoms with E-state index in [4.69, 9.17) is 4.98 Å². The maximum Gasteiger partial charge on any atom is 0.181 e. The van der Waals surface area contributed by atoms with Gasteiger partial charge in [0.2, 0.25) is 0 Å². The summed E-state index contributed by atoms with van der Waals surface area (Å²) < 4.78 is 2.20. The van der Waals surface area contributed by atoms with Crippen LogP contribution in [-0.4, -0.2) is 37.7 Å². The van der Waals surface area contributed by atoms with Crippen LogP contribution in [0.2, 0.25) is 0 Å². The molecule has 0 spiro atoms. The lowest BCUT2D eigenvalue weighted by Gasteiger charge is -2.31. The molecule has 1 aliphatic heterocycles. The Hall–Kier alpha value is -2.40. The Balaban J connectivity index is 1.46. The largest absolute Gasteiger partial charge is 0.353 e. The molecule has 1 fully saturated rings. The van der Waals surface area contributed by atoms with Crippen molar-refractivity contribution in [1.82, 2.24) is 24.6 Å². The van der Waals surface area contributed by atoms with Gasteiger partial charge in [0, 0.05) is 43.5 Å². The van der Waals surface area contributed by atoms with E-state index in [0.717, 1.165) is 36.8 Å². The molecular weight excluding hydrogens is 298 g/mol. The Morgan fingerprint density at radius 2 is 2.04 bits per heavy atom. The van der Waals surface area contributed by atoms with Gasteiger partial charge in [-0.05, 0) is 31.5 Å². The predicted octanol–water partition coefficient (Wildman–Crippen LogP) is 3.19. The molecule has 1 atom stereocenters. The van der Waals surface area contributed by atoms with Crippen LogP contribution >= 0.6 is 0 Å². The summed E-state index contributed by atoms with van der Waals surface area (Å²) in [6.45, 7) is 3.19. The number of benzene rings is 1. The molecule has 4 rings (SSSR count). The number of piperidine rings is 1. The second-order valence-corrected chi connectivity index (χ2v) is 6.59. The van der Waals surface area contributed by atoms with Gasteiger partial charge in [0.25, 0.3) is 0 Å². The highest BCUT2D eigenvalue weighted by Gasteiger charge is 2.24. The molecule has 3 aromatic rings. The molecular formula is C19H23N5. The summed E-state index contributed by atoms with van der Waals surface area (Å²) in [5.41, 5.74) is 2.43. The summed E-state index contributed by atoms with van der Waals surface area (Å²) in [7, 11) is 2.11. The highest BCUT2D eigenvalue weighted by molar-refractivity contribution is 5.53. The molecule has 1 aromatic carbocycles. The Kier molecular flexibility index (Phi) is 4.17. The third-order valence-electron chi connectivity index (χ3n) is 4.86. The molecule has 5 nitrogen and oxygen atoms in total. The molecule has 1 N–H and O–H groups in total. The molecule has 3 heterocycles. The number of nitrogens with one attached hydrogen (secondary N) is 1. The summed E-state index contributed by atoms with van der Waals surface area (Å²) >= 11 is 0. The zero-order valence-electron chi connectivity index (χ0n) is 14.0. The Morgan fingerprint density at radius 1 is 1.17 bits per heavy atom. The zero-order valence-corrected chi connectivity index (χ0v) is 14.0. The van der Waals surface area contributed by atoms with Crippen molar-refractivity contribution in [2.24, 2.45) is 7.05 Å². The average Bonchev–Trinajstić information content (AvgIpc) is 3.26. The van der Waals surface area contributed by atoms with Gasteiger partial charge in [-0.2, -0.15) is 5.10 Å². The number of H-pyrrole nitrogens is 1. The van der Waals surface area contributed by atoms with Gasteiger partial charge in [-0.3, -0.25) is 10.00 Å². The van der Waals surface area contributed by atoms with E-state index in [1.165, 1.54) is 18.5 Å². The van der Waals surface area contributed by atoms with Gasteiger partial charge < -0.3 is 4.57 Å². The first-order valence-electron chi connectivity index (χ1n) is 8.60. The molecule has 0 aliphatic carbocycles. The minimum Gasteiger partial charge on any atom is -0.353 e. The van der Waals surface area contributed by atoms with Crippen LogP contribution < -0.4 is 0 Å². The fourth-order valence-electron chi connectivity index (χ4n) is 3.49. The molecule has 0 radical (unpaired) electrons. The first-order valence-corrected chi connectivity index (χ1v) is 8.60. The monoisotopic (exact) mass is 321 g/mol. The van der Waals surface area contributed by atoms with Crippen molar-refractivity contribution in [3.63, 3.8) is 0 Å². The number of hydrogen-bond donors (Lipinski definition) is 1. The van der Waals surface area contributed by atoms with E-state index < -0.39 is 0 Å². The highest BCUT2D eigenvalue weighted by atomic mass is 15.2. The normalized spacial score (nSPS) is 18.8. The minimum atomic E-state index is 0.434. The average molecular weight is 321 g/mol. The second-order valence-electron chi connectivity index (χ2n) is 6.59. The van der Waals surface area contributed by atoms with Crippen molar-refractivity contribution >= 4 is 0 Å². The van der Waals surface area contributed by atoms with Crippen molar-refractivity contribution in [2.45, 2.75) is 25.3 Å². The lowest BCUT2D eigenvalue weighted by molar-refractivity contribution is 0.193. The van der Waals surface area contributed by atoms with Gasteiger partial charge in [-0.1, -0.05) is 30.3 Å². The van der Waals surface area contributed by atoms with Crippen LogP contribution in [0.25, 0.3) is 11.4 Å². The van der Waals surface area contributed by atoms with Crippen LogP contribution in [0.4, 0.5) is 0 Å². The summed E-state index contributed by atoms with van der Waals surface area (Å²) in [6.07, 6.45) is 4.49. The smallest absolute Gasteiger partial charge is 0.181 e. The molecule has 0 saturated carbocycles. The SMILES string of the molecule is Cn1cccc1CN1CCC[C@@H](c2nc(-c3ccccc3)n[nH]2)C1. The molecule has 1 saturated heterocycles. The first-order chi connectivity index (χ1) is 11.8. The molecule has 5 heteroatoms. The van der Waals surface area contributed by atoms with Crippen LogP contribution in [0.5, 0.6) is 0 Å². The molecule has 2 aromatic heterocycles. The molecule has 1 aliphatic rings. The first kappa shape index (κ1) is 15.1. The van der Waals surface area contributed by atoms with Gasteiger partial charge in [0.1, 0.15) is 5.82 Å². The maximum absolute atomic E-state index is 4.75. The summed E-state index contributed by atoms with van der Waals surface area (Å²) in [6, 6.07) is 14.5. The van der Waals surface area contributed by atoms with Crippen molar-refractivity contribution in [1.29, 1.82) is 0 Å². The van der Waals surface area contributed by atoms with Gasteiger partial charge in [-0.15, -0.1) is 0 Å². The molecule has 0 bridgehead atoms. The van der Waals surface area contributed by atoms with E-state index in [0.29, 0.717) is 5.92 Å². The lowest BCUT2D eigenvalue weighted by atomic mass is 9.97. The lowest BCUT2D eigenvalue weighted by Crippen LogP contribution is -2.34. The van der Waals surface area contributed by atoms with E-state index >= 15 is 0 Å². The molecule has 24 heavy (non-hydrogen) atoms. The third kappa shape index (κ3) is 3.12. The summed E-state index contributed by atoms with van der Waals surface area (Å²) in [5, 5.41) is 7.59. The molecule has 0 amide bonds. The zero-order chi connectivity index (χ0) is 16.4. The van der Waals surface area contributed by atoms with Gasteiger partial charge in [0.15, 0.2) is 5.82 Å². The van der Waals surface area contributed by atoms with Gasteiger partial charge in [0.05, 0.1) is 0 Å². The van der Waals surface area contributed by atoms with Crippen molar-refractivity contribution in [3.05, 3.63) is 60.2 Å². The quantitative estimate of drug-likeness (QED) is 0.803. The Labute approximate surface area is 142 Å². The summed E-state index contributed by atoms with van der Waals surface area (Å²) in [5.74, 6) is 2.25. The predicted molar refractivity (Wildman–Crippen MR) is 94.5 cm³/mol. The van der Waals surface area contributed by atoms with Crippen LogP contribution in [0.15, 0.2) is 48.7 Å². The molecule has 124 valence electrons. The maximum atomic E-state index is 4.75. The van der Waals surface area contributed by atoms with Crippen LogP contribution in [0.3, 0.4) is 0 Å². The van der Waals surface area contributed by atoms with E-state index in [1.54, 1.807) is 0 Å². The highest BCUT2D eigenvalue weighted by Crippen LogP contribution is 2.26. The Morgan fingerprint density at radius 3 is 2.83 bits per heavy atom. The van der Waals surface area contributed by atoms with E-state index in [1.807, 2.05) is 18.2 Å². The standard InChI is InChI=1S/C19H23N5/c1-23-11-6-10-17(23)14-24-12-5-9-16(13-24)19-20-18(21-22-19)15-7-3-2-4-8-15/h2-4,6-8,10-11,16H,5,9,12-14H2,1H3,(H,20,21,22)/t16-/m1/s1. The number of hydrogen-bond acceptors (Lipinski definition) is 3. The number of aryl methyl sites for hydroxylation is 1. The van der Waals surface area contributed by atoms with E-state index in [2.05, 4.69) is 57.2 Å². The topological polar surface area (TPSA) is 49.7 Å². The fraction of sp³-hybridized carbons (Fsp3) is 0.368. The van der Waals surface area contributed by atoms with Gasteiger partial charge >= 0.3 is 0 Å². The number of rotatable bonds is 4. The second kappa shape index (κ2) is 6.61. The fourth-order valence-corrected chi connectivity index (χ4v) is 3.49. The minimum absolute atomic E-state index is 0.434. The van der Waals surface area contributed by atoms with E-state index in [-0.39, 0.29) is 0 Å². The van der Waals surface area contributed by atoms with Crippen molar-refractivity contribution < 1.29 is 0 Å². The summed E-state index contributed by atoms with van der Waals surface area (Å²) in [4.78, 5) is 7.28. The Bertz CT molecular complexity index is 789. The number of nitrogens with zero attached hydrogens (tertiary/aromatic N) is 4. The van der Waals surface area contributed by atoms with Crippen molar-refractivity contribution in [3.8, 4) is 11.4 Å². The number of aromatic nitrogens is 4. The van der Waals surface area contributed by atoms with Crippen LogP contribution in [0, 0.1) is 0 Å². The van der Waals surface area contributed by atoms with Gasteiger partial charge in [-0.25, -0.2) is 4.98 Å². The molecule has 0 unspecified atom stereocenters. The third-order valence-corrected chi connectivity index (χ3v) is 4.86. The van der Waals surface area contributed by atoms with Crippen LogP contribution in [0.1, 0.15) is 30.3 Å². The van der Waals surface area contributed by atoms with Crippen LogP contribution in [-0.2, 0) is 13.6 Å².